The second-order valence-electron chi connectivity index (χ2n) is 3.58. The molecule has 0 aliphatic carbocycles. The van der Waals surface area contributed by atoms with E-state index in [1.54, 1.807) is 0 Å². The van der Waals surface area contributed by atoms with Crippen LogP contribution in [0.3, 0.4) is 0 Å². The third kappa shape index (κ3) is 14.4. The minimum Gasteiger partial charge on any atom is -0.724 e. The Morgan fingerprint density at radius 1 is 1.00 bits per heavy atom. The fourth-order valence-corrected chi connectivity index (χ4v) is 1.39. The van der Waals surface area contributed by atoms with Crippen LogP contribution >= 0.6 is 0 Å². The number of hydroxylamine groups is 1. The SMILES string of the molecule is O=C[C@H](NOS(=O)(=O)[O-])[C@@H](O)[C@H](O)[C@H](O)COOS(=O)(=O)[O-].[Na+].[Na+]. The maximum absolute atomic E-state index is 10.6. The smallest absolute Gasteiger partial charge is 0.724 e. The van der Waals surface area contributed by atoms with Crippen LogP contribution in [-0.2, 0) is 39.1 Å². The molecule has 0 unspecified atom stereocenters. The summed E-state index contributed by atoms with van der Waals surface area (Å²) in [7, 11) is -10.5. The summed E-state index contributed by atoms with van der Waals surface area (Å²) in [6, 6.07) is -1.96. The van der Waals surface area contributed by atoms with Gasteiger partial charge in [-0.1, -0.05) is 0 Å². The fraction of sp³-hybridized carbons (Fsp3) is 0.833. The van der Waals surface area contributed by atoms with E-state index in [9.17, 15) is 46.1 Å². The van der Waals surface area contributed by atoms with E-state index in [0.29, 0.717) is 0 Å². The van der Waals surface area contributed by atoms with Gasteiger partial charge in [0.25, 0.3) is 0 Å². The summed E-state index contributed by atoms with van der Waals surface area (Å²) in [4.78, 5) is 14.3. The molecule has 0 amide bonds. The van der Waals surface area contributed by atoms with E-state index in [4.69, 9.17) is 0 Å². The molecule has 14 nitrogen and oxygen atoms in total. The molecular formula is C6H11NNa2O13S2. The van der Waals surface area contributed by atoms with Crippen LogP contribution in [-0.4, -0.2) is 78.5 Å². The van der Waals surface area contributed by atoms with Crippen molar-refractivity contribution in [2.45, 2.75) is 24.4 Å². The predicted octanol–water partition coefficient (Wildman–Crippen LogP) is -11.0. The van der Waals surface area contributed by atoms with E-state index in [2.05, 4.69) is 13.5 Å². The zero-order chi connectivity index (χ0) is 17.6. The predicted molar refractivity (Wildman–Crippen MR) is 58.5 cm³/mol. The Morgan fingerprint density at radius 3 is 1.88 bits per heavy atom. The van der Waals surface area contributed by atoms with Crippen LogP contribution in [0.25, 0.3) is 0 Å². The molecule has 0 bridgehead atoms. The van der Waals surface area contributed by atoms with Crippen LogP contribution in [0.4, 0.5) is 0 Å². The number of aliphatic hydroxyl groups excluding tert-OH is 3. The van der Waals surface area contributed by atoms with Crippen molar-refractivity contribution in [2.75, 3.05) is 6.61 Å². The molecule has 0 aromatic heterocycles. The number of rotatable bonds is 11. The normalized spacial score (nSPS) is 16.9. The summed E-state index contributed by atoms with van der Waals surface area (Å²) in [6.07, 6.45) is -6.64. The van der Waals surface area contributed by atoms with Crippen LogP contribution in [0.5, 0.6) is 0 Å². The molecule has 0 aromatic carbocycles. The Labute approximate surface area is 180 Å². The van der Waals surface area contributed by atoms with Gasteiger partial charge in [-0.05, 0) is 0 Å². The van der Waals surface area contributed by atoms with Crippen LogP contribution in [0.15, 0.2) is 0 Å². The first kappa shape index (κ1) is 30.0. The summed E-state index contributed by atoms with van der Waals surface area (Å²) in [5, 5.41) is 28.1. The first-order chi connectivity index (χ1) is 9.87. The number of aldehydes is 1. The van der Waals surface area contributed by atoms with Crippen LogP contribution in [0.1, 0.15) is 0 Å². The molecule has 0 radical (unpaired) electrons. The second-order valence-corrected chi connectivity index (χ2v) is 5.52. The van der Waals surface area contributed by atoms with Crippen LogP contribution in [0, 0.1) is 0 Å². The average Bonchev–Trinajstić information content (AvgIpc) is 2.35. The van der Waals surface area contributed by atoms with Gasteiger partial charge in [-0.3, -0.25) is 0 Å². The number of hydrogen-bond donors (Lipinski definition) is 4. The number of nitrogens with one attached hydrogen (secondary N) is 1. The molecule has 0 heterocycles. The summed E-state index contributed by atoms with van der Waals surface area (Å²) in [6.45, 7) is -1.12. The van der Waals surface area contributed by atoms with Crippen molar-refractivity contribution in [2.24, 2.45) is 0 Å². The van der Waals surface area contributed by atoms with Gasteiger partial charge in [0.2, 0.25) is 20.8 Å². The van der Waals surface area contributed by atoms with E-state index >= 15 is 0 Å². The van der Waals surface area contributed by atoms with E-state index in [-0.39, 0.29) is 65.4 Å². The maximum atomic E-state index is 10.6. The van der Waals surface area contributed by atoms with Gasteiger partial charge in [0.05, 0.1) is 0 Å². The van der Waals surface area contributed by atoms with Crippen LogP contribution in [0.2, 0.25) is 0 Å². The molecule has 0 saturated carbocycles. The van der Waals surface area contributed by atoms with Gasteiger partial charge in [-0.15, -0.1) is 4.33 Å². The Bertz CT molecular complexity index is 553. The molecule has 4 atom stereocenters. The van der Waals surface area contributed by atoms with Crippen LogP contribution < -0.4 is 64.6 Å². The minimum absolute atomic E-state index is 0. The van der Waals surface area contributed by atoms with E-state index in [1.165, 1.54) is 5.48 Å². The van der Waals surface area contributed by atoms with Crippen molar-refractivity contribution < 1.29 is 119 Å². The van der Waals surface area contributed by atoms with Gasteiger partial charge in [0.15, 0.2) is 0 Å². The van der Waals surface area contributed by atoms with Gasteiger partial charge in [0.1, 0.15) is 37.2 Å². The van der Waals surface area contributed by atoms with Gasteiger partial charge >= 0.3 is 59.1 Å². The minimum atomic E-state index is -5.26. The van der Waals surface area contributed by atoms with Crippen molar-refractivity contribution in [1.29, 1.82) is 0 Å². The molecule has 0 aromatic rings. The summed E-state index contributed by atoms with van der Waals surface area (Å²) >= 11 is 0. The first-order valence-corrected chi connectivity index (χ1v) is 7.70. The molecule has 0 aliphatic heterocycles. The second kappa shape index (κ2) is 13.4. The van der Waals surface area contributed by atoms with Gasteiger partial charge in [0, 0.05) is 0 Å². The Morgan fingerprint density at radius 2 is 1.50 bits per heavy atom. The molecule has 0 saturated heterocycles. The van der Waals surface area contributed by atoms with Crippen molar-refractivity contribution in [3.63, 3.8) is 0 Å². The molecule has 0 spiro atoms. The summed E-state index contributed by atoms with van der Waals surface area (Å²) in [5.74, 6) is 0. The summed E-state index contributed by atoms with van der Waals surface area (Å²) < 4.78 is 67.1. The molecule has 132 valence electrons. The summed E-state index contributed by atoms with van der Waals surface area (Å²) in [5.41, 5.74) is 1.32. The Balaban J connectivity index is -0.00000220. The Hall–Kier alpha value is 1.21. The van der Waals surface area contributed by atoms with E-state index in [0.717, 1.165) is 0 Å². The number of carbonyl (C=O) groups excluding carboxylic acids is 1. The Kier molecular flexibility index (Phi) is 16.7. The molecule has 24 heavy (non-hydrogen) atoms. The molecule has 0 aliphatic rings. The number of aliphatic hydroxyl groups is 3. The van der Waals surface area contributed by atoms with Crippen molar-refractivity contribution in [1.82, 2.24) is 5.48 Å². The third-order valence-corrected chi connectivity index (χ3v) is 2.48. The van der Waals surface area contributed by atoms with Crippen molar-refractivity contribution in [3.05, 3.63) is 0 Å². The monoisotopic (exact) mass is 415 g/mol. The number of hydrogen-bond acceptors (Lipinski definition) is 14. The molecule has 0 rings (SSSR count). The van der Waals surface area contributed by atoms with Crippen molar-refractivity contribution in [3.8, 4) is 0 Å². The molecular weight excluding hydrogens is 404 g/mol. The fourth-order valence-electron chi connectivity index (χ4n) is 0.988. The largest absolute Gasteiger partial charge is 1.00 e. The molecule has 18 heteroatoms. The number of carbonyl (C=O) groups is 1. The molecule has 0 fully saturated rings. The van der Waals surface area contributed by atoms with Crippen molar-refractivity contribution >= 4 is 27.1 Å². The van der Waals surface area contributed by atoms with Gasteiger partial charge < -0.3 is 29.2 Å². The quantitative estimate of drug-likeness (QED) is 0.0613. The zero-order valence-corrected chi connectivity index (χ0v) is 18.0. The zero-order valence-electron chi connectivity index (χ0n) is 12.3. The molecule has 4 N–H and O–H groups in total. The topological polar surface area (TPSA) is 232 Å². The van der Waals surface area contributed by atoms with Gasteiger partial charge in [-0.25, -0.2) is 21.7 Å². The maximum Gasteiger partial charge on any atom is 1.00 e. The standard InChI is InChI=1S/C6H13NO13S2.2Na/c8-1-3(7-19-21(12,13)14)5(10)6(11)4(9)2-18-20-22(15,16)17;;/h1,3-7,9-11H,2H2,(H,12,13,14)(H,15,16,17);;/q;2*+1/p-2/t3-,4+,5+,6+;;/m0../s1. The van der Waals surface area contributed by atoms with E-state index in [1.807, 2.05) is 0 Å². The first-order valence-electron chi connectivity index (χ1n) is 5.03. The third-order valence-electron chi connectivity index (χ3n) is 1.92. The average molecular weight is 415 g/mol. The van der Waals surface area contributed by atoms with E-state index < -0.39 is 51.8 Å². The van der Waals surface area contributed by atoms with Gasteiger partial charge in [-0.2, -0.15) is 9.76 Å².